The second kappa shape index (κ2) is 8.38. The molecule has 0 N–H and O–H groups in total. The molecule has 0 bridgehead atoms. The van der Waals surface area contributed by atoms with E-state index in [0.29, 0.717) is 39.1 Å². The first-order valence-electron chi connectivity index (χ1n) is 9.17. The lowest BCUT2D eigenvalue weighted by atomic mass is 9.96. The first-order valence-corrected chi connectivity index (χ1v) is 10.8. The molecule has 6 nitrogen and oxygen atoms in total. The van der Waals surface area contributed by atoms with Crippen molar-refractivity contribution in [2.45, 2.75) is 24.8 Å². The summed E-state index contributed by atoms with van der Waals surface area (Å²) in [6, 6.07) is 4.37. The summed E-state index contributed by atoms with van der Waals surface area (Å²) in [6.07, 6.45) is -3.69. The molecule has 0 spiro atoms. The summed E-state index contributed by atoms with van der Waals surface area (Å²) in [6.45, 7) is 2.51. The van der Waals surface area contributed by atoms with Gasteiger partial charge < -0.3 is 9.64 Å². The van der Waals surface area contributed by atoms with E-state index in [1.165, 1.54) is 16.4 Å². The van der Waals surface area contributed by atoms with Crippen molar-refractivity contribution in [3.63, 3.8) is 0 Å². The number of hydrogen-bond donors (Lipinski definition) is 0. The van der Waals surface area contributed by atoms with E-state index in [1.54, 1.807) is 4.90 Å². The van der Waals surface area contributed by atoms with Crippen molar-refractivity contribution in [1.82, 2.24) is 9.21 Å². The molecular weight excluding hydrogens is 397 g/mol. The molecule has 2 fully saturated rings. The summed E-state index contributed by atoms with van der Waals surface area (Å²) in [7, 11) is -3.75. The average Bonchev–Trinajstić information content (AvgIpc) is 2.67. The standard InChI is InChI=1S/C18H23F3N2O4S/c19-18(20,21)16-3-1-2-14(12-16)13-28(25,26)23-6-4-15(5-7-23)17(24)22-8-10-27-11-9-22/h1-3,12,15H,4-11,13H2. The highest BCUT2D eigenvalue weighted by atomic mass is 32.2. The van der Waals surface area contributed by atoms with Gasteiger partial charge in [0.1, 0.15) is 0 Å². The van der Waals surface area contributed by atoms with Crippen LogP contribution in [0.2, 0.25) is 0 Å². The summed E-state index contributed by atoms with van der Waals surface area (Å²) in [5.74, 6) is -0.685. The number of piperidine rings is 1. The highest BCUT2D eigenvalue weighted by Gasteiger charge is 2.34. The molecule has 2 heterocycles. The van der Waals surface area contributed by atoms with Crippen molar-refractivity contribution >= 4 is 15.9 Å². The number of amides is 1. The van der Waals surface area contributed by atoms with Crippen molar-refractivity contribution in [1.29, 1.82) is 0 Å². The summed E-state index contributed by atoms with van der Waals surface area (Å²) >= 11 is 0. The number of alkyl halides is 3. The molecule has 2 aliphatic heterocycles. The van der Waals surface area contributed by atoms with Crippen molar-refractivity contribution in [2.24, 2.45) is 5.92 Å². The van der Waals surface area contributed by atoms with Gasteiger partial charge in [-0.15, -0.1) is 0 Å². The van der Waals surface area contributed by atoms with Gasteiger partial charge in [0.2, 0.25) is 15.9 Å². The predicted octanol–water partition coefficient (Wildman–Crippen LogP) is 2.11. The highest BCUT2D eigenvalue weighted by Crippen LogP contribution is 2.30. The Balaban J connectivity index is 1.59. The van der Waals surface area contributed by atoms with Crippen molar-refractivity contribution in [2.75, 3.05) is 39.4 Å². The molecule has 2 saturated heterocycles. The van der Waals surface area contributed by atoms with Gasteiger partial charge in [-0.3, -0.25) is 4.79 Å². The SMILES string of the molecule is O=C(C1CCN(S(=O)(=O)Cc2cccc(C(F)(F)F)c2)CC1)N1CCOCC1. The largest absolute Gasteiger partial charge is 0.416 e. The van der Waals surface area contributed by atoms with Crippen LogP contribution < -0.4 is 0 Å². The zero-order chi connectivity index (χ0) is 20.4. The first-order chi connectivity index (χ1) is 13.2. The predicted molar refractivity (Wildman–Crippen MR) is 95.8 cm³/mol. The molecule has 0 atom stereocenters. The number of sulfonamides is 1. The molecule has 1 aromatic carbocycles. The Kier molecular flexibility index (Phi) is 6.31. The van der Waals surface area contributed by atoms with E-state index in [2.05, 4.69) is 0 Å². The molecule has 0 aliphatic carbocycles. The van der Waals surface area contributed by atoms with Gasteiger partial charge in [-0.05, 0) is 24.5 Å². The number of benzene rings is 1. The zero-order valence-electron chi connectivity index (χ0n) is 15.3. The Morgan fingerprint density at radius 1 is 1.11 bits per heavy atom. The molecule has 156 valence electrons. The van der Waals surface area contributed by atoms with E-state index in [0.717, 1.165) is 12.1 Å². The minimum Gasteiger partial charge on any atom is -0.378 e. The van der Waals surface area contributed by atoms with E-state index in [1.807, 2.05) is 0 Å². The van der Waals surface area contributed by atoms with Crippen LogP contribution in [-0.4, -0.2) is 62.9 Å². The van der Waals surface area contributed by atoms with Gasteiger partial charge >= 0.3 is 6.18 Å². The number of morpholine rings is 1. The Morgan fingerprint density at radius 3 is 2.36 bits per heavy atom. The van der Waals surface area contributed by atoms with Crippen LogP contribution in [0, 0.1) is 5.92 Å². The summed E-state index contributed by atoms with van der Waals surface area (Å²) in [4.78, 5) is 14.3. The number of nitrogens with zero attached hydrogens (tertiary/aromatic N) is 2. The summed E-state index contributed by atoms with van der Waals surface area (Å²) < 4.78 is 70.2. The third-order valence-corrected chi connectivity index (χ3v) is 6.97. The third-order valence-electron chi connectivity index (χ3n) is 5.12. The quantitative estimate of drug-likeness (QED) is 0.748. The molecule has 1 amide bonds. The number of halogens is 3. The Labute approximate surface area is 162 Å². The molecule has 10 heteroatoms. The monoisotopic (exact) mass is 420 g/mol. The van der Waals surface area contributed by atoms with Gasteiger partial charge in [-0.25, -0.2) is 12.7 Å². The van der Waals surface area contributed by atoms with E-state index in [-0.39, 0.29) is 30.5 Å². The fraction of sp³-hybridized carbons (Fsp3) is 0.611. The van der Waals surface area contributed by atoms with Gasteiger partial charge in [0.25, 0.3) is 0 Å². The maximum atomic E-state index is 12.8. The molecule has 3 rings (SSSR count). The van der Waals surface area contributed by atoms with Crippen LogP contribution in [0.4, 0.5) is 13.2 Å². The topological polar surface area (TPSA) is 66.9 Å². The minimum atomic E-state index is -4.52. The average molecular weight is 420 g/mol. The van der Waals surface area contributed by atoms with Crippen LogP contribution in [0.1, 0.15) is 24.0 Å². The van der Waals surface area contributed by atoms with E-state index >= 15 is 0 Å². The minimum absolute atomic E-state index is 0.0261. The van der Waals surface area contributed by atoms with Crippen LogP contribution in [-0.2, 0) is 31.5 Å². The second-order valence-corrected chi connectivity index (χ2v) is 9.03. The lowest BCUT2D eigenvalue weighted by Gasteiger charge is -2.35. The Hall–Kier alpha value is -1.65. The van der Waals surface area contributed by atoms with Gasteiger partial charge in [0.05, 0.1) is 24.5 Å². The van der Waals surface area contributed by atoms with Crippen LogP contribution in [0.5, 0.6) is 0 Å². The molecule has 0 aromatic heterocycles. The first kappa shape index (κ1) is 21.1. The molecule has 2 aliphatic rings. The van der Waals surface area contributed by atoms with Gasteiger partial charge in [-0.2, -0.15) is 13.2 Å². The fourth-order valence-corrected chi connectivity index (χ4v) is 5.11. The van der Waals surface area contributed by atoms with Gasteiger partial charge in [0.15, 0.2) is 0 Å². The fourth-order valence-electron chi connectivity index (χ4n) is 3.56. The third kappa shape index (κ3) is 5.03. The smallest absolute Gasteiger partial charge is 0.378 e. The van der Waals surface area contributed by atoms with Crippen LogP contribution in [0.15, 0.2) is 24.3 Å². The normalized spacial score (nSPS) is 20.3. The maximum absolute atomic E-state index is 12.8. The van der Waals surface area contributed by atoms with E-state index in [9.17, 15) is 26.4 Å². The van der Waals surface area contributed by atoms with E-state index < -0.39 is 27.5 Å². The van der Waals surface area contributed by atoms with Gasteiger partial charge in [-0.1, -0.05) is 18.2 Å². The lowest BCUT2D eigenvalue weighted by molar-refractivity contribution is -0.141. The van der Waals surface area contributed by atoms with E-state index in [4.69, 9.17) is 4.74 Å². The number of carbonyl (C=O) groups is 1. The lowest BCUT2D eigenvalue weighted by Crippen LogP contribution is -2.47. The van der Waals surface area contributed by atoms with Gasteiger partial charge in [0, 0.05) is 32.1 Å². The molecule has 0 unspecified atom stereocenters. The van der Waals surface area contributed by atoms with Crippen LogP contribution >= 0.6 is 0 Å². The van der Waals surface area contributed by atoms with Crippen LogP contribution in [0.3, 0.4) is 0 Å². The molecule has 1 aromatic rings. The summed E-state index contributed by atoms with van der Waals surface area (Å²) in [5, 5.41) is 0. The Morgan fingerprint density at radius 2 is 1.75 bits per heavy atom. The summed E-state index contributed by atoms with van der Waals surface area (Å²) in [5.41, 5.74) is -0.767. The molecule has 0 radical (unpaired) electrons. The number of carbonyl (C=O) groups excluding carboxylic acids is 1. The molecule has 0 saturated carbocycles. The van der Waals surface area contributed by atoms with Crippen molar-refractivity contribution < 1.29 is 31.1 Å². The number of hydrogen-bond acceptors (Lipinski definition) is 4. The van der Waals surface area contributed by atoms with Crippen LogP contribution in [0.25, 0.3) is 0 Å². The Bertz CT molecular complexity index is 799. The highest BCUT2D eigenvalue weighted by molar-refractivity contribution is 7.88. The van der Waals surface area contributed by atoms with Crippen molar-refractivity contribution in [3.05, 3.63) is 35.4 Å². The van der Waals surface area contributed by atoms with Crippen molar-refractivity contribution in [3.8, 4) is 0 Å². The number of rotatable bonds is 4. The number of ether oxygens (including phenoxy) is 1. The zero-order valence-corrected chi connectivity index (χ0v) is 16.1. The molecule has 28 heavy (non-hydrogen) atoms. The molecular formula is C18H23F3N2O4S. The maximum Gasteiger partial charge on any atom is 0.416 e. The second-order valence-electron chi connectivity index (χ2n) is 7.07.